The summed E-state index contributed by atoms with van der Waals surface area (Å²) in [6.07, 6.45) is 2.19. The topological polar surface area (TPSA) is 73.3 Å². The van der Waals surface area contributed by atoms with E-state index in [0.717, 1.165) is 12.8 Å². The normalized spacial score (nSPS) is 20.7. The van der Waals surface area contributed by atoms with Crippen LogP contribution in [-0.2, 0) is 14.3 Å². The molecule has 1 saturated heterocycles. The predicted octanol–water partition coefficient (Wildman–Crippen LogP) is 0.596. The van der Waals surface area contributed by atoms with Crippen molar-refractivity contribution in [3.05, 3.63) is 11.5 Å². The van der Waals surface area contributed by atoms with Gasteiger partial charge in [-0.15, -0.1) is 0 Å². The molecule has 0 radical (unpaired) electrons. The Morgan fingerprint density at radius 3 is 2.71 bits per heavy atom. The SMILES string of the molecule is COCCC[C@H](C)CN1CN(C)N(C)/C(=C(/O)C=O)C1=O. The molecule has 1 rings (SSSR count). The minimum Gasteiger partial charge on any atom is -0.503 e. The molecule has 120 valence electrons. The van der Waals surface area contributed by atoms with E-state index in [1.807, 2.05) is 0 Å². The van der Waals surface area contributed by atoms with Crippen LogP contribution in [0.15, 0.2) is 11.5 Å². The van der Waals surface area contributed by atoms with Crippen molar-refractivity contribution in [3.63, 3.8) is 0 Å². The van der Waals surface area contributed by atoms with Crippen molar-refractivity contribution in [1.82, 2.24) is 14.9 Å². The fraction of sp³-hybridized carbons (Fsp3) is 0.714. The molecule has 0 aromatic rings. The van der Waals surface area contributed by atoms with E-state index in [4.69, 9.17) is 4.74 Å². The van der Waals surface area contributed by atoms with Crippen LogP contribution in [-0.4, -0.2) is 73.2 Å². The fourth-order valence-electron chi connectivity index (χ4n) is 2.38. The van der Waals surface area contributed by atoms with Crippen molar-refractivity contribution in [1.29, 1.82) is 0 Å². The van der Waals surface area contributed by atoms with Gasteiger partial charge in [0.2, 0.25) is 0 Å². The minimum atomic E-state index is -0.536. The lowest BCUT2D eigenvalue weighted by atomic mass is 10.0. The number of amides is 1. The number of hydrogen-bond acceptors (Lipinski definition) is 6. The number of allylic oxidation sites excluding steroid dienone is 1. The van der Waals surface area contributed by atoms with Crippen molar-refractivity contribution in [2.45, 2.75) is 19.8 Å². The van der Waals surface area contributed by atoms with E-state index in [1.165, 1.54) is 5.01 Å². The molecule has 1 aliphatic rings. The molecule has 1 fully saturated rings. The van der Waals surface area contributed by atoms with E-state index in [-0.39, 0.29) is 11.6 Å². The number of carbonyl (C=O) groups is 2. The molecule has 1 heterocycles. The van der Waals surface area contributed by atoms with Crippen molar-refractivity contribution >= 4 is 12.2 Å². The summed E-state index contributed by atoms with van der Waals surface area (Å²) in [6.45, 7) is 3.79. The highest BCUT2D eigenvalue weighted by atomic mass is 16.5. The first-order chi connectivity index (χ1) is 9.92. The lowest BCUT2D eigenvalue weighted by Gasteiger charge is -2.42. The van der Waals surface area contributed by atoms with Gasteiger partial charge in [-0.1, -0.05) is 6.92 Å². The van der Waals surface area contributed by atoms with Crippen molar-refractivity contribution in [2.75, 3.05) is 41.0 Å². The van der Waals surface area contributed by atoms with Gasteiger partial charge in [0.1, 0.15) is 0 Å². The van der Waals surface area contributed by atoms with Crippen LogP contribution >= 0.6 is 0 Å². The molecule has 7 nitrogen and oxygen atoms in total. The molecule has 0 spiro atoms. The molecule has 0 bridgehead atoms. The van der Waals surface area contributed by atoms with Gasteiger partial charge in [-0.05, 0) is 18.8 Å². The minimum absolute atomic E-state index is 0.0165. The lowest BCUT2D eigenvalue weighted by molar-refractivity contribution is -0.146. The van der Waals surface area contributed by atoms with E-state index < -0.39 is 5.76 Å². The number of nitrogens with zero attached hydrogens (tertiary/aromatic N) is 3. The maximum absolute atomic E-state index is 12.4. The second kappa shape index (κ2) is 7.99. The third-order valence-electron chi connectivity index (χ3n) is 3.63. The van der Waals surface area contributed by atoms with Gasteiger partial charge in [0.05, 0.1) is 6.67 Å². The fourth-order valence-corrected chi connectivity index (χ4v) is 2.38. The molecule has 1 amide bonds. The lowest BCUT2D eigenvalue weighted by Crippen LogP contribution is -2.56. The Hall–Kier alpha value is -1.60. The predicted molar refractivity (Wildman–Crippen MR) is 78.1 cm³/mol. The Morgan fingerprint density at radius 1 is 1.48 bits per heavy atom. The Morgan fingerprint density at radius 2 is 2.14 bits per heavy atom. The van der Waals surface area contributed by atoms with Crippen molar-refractivity contribution in [3.8, 4) is 0 Å². The Labute approximate surface area is 125 Å². The molecule has 0 aliphatic carbocycles. The maximum Gasteiger partial charge on any atom is 0.276 e. The molecule has 7 heteroatoms. The number of ether oxygens (including phenoxy) is 1. The summed E-state index contributed by atoms with van der Waals surface area (Å²) in [5.41, 5.74) is 0.0165. The molecule has 1 aliphatic heterocycles. The summed E-state index contributed by atoms with van der Waals surface area (Å²) in [5, 5.41) is 12.9. The molecular weight excluding hydrogens is 274 g/mol. The van der Waals surface area contributed by atoms with E-state index in [2.05, 4.69) is 6.92 Å². The Bertz CT molecular complexity index is 411. The summed E-state index contributed by atoms with van der Waals surface area (Å²) in [5.74, 6) is -0.537. The number of methoxy groups -OCH3 is 1. The summed E-state index contributed by atoms with van der Waals surface area (Å²) in [6, 6.07) is 0. The summed E-state index contributed by atoms with van der Waals surface area (Å²) < 4.78 is 5.02. The van der Waals surface area contributed by atoms with Crippen molar-refractivity contribution in [2.24, 2.45) is 5.92 Å². The van der Waals surface area contributed by atoms with Gasteiger partial charge >= 0.3 is 0 Å². The number of aliphatic hydroxyl groups is 1. The quantitative estimate of drug-likeness (QED) is 0.321. The van der Waals surface area contributed by atoms with Gasteiger partial charge in [-0.25, -0.2) is 5.01 Å². The largest absolute Gasteiger partial charge is 0.503 e. The average molecular weight is 299 g/mol. The van der Waals surface area contributed by atoms with Gasteiger partial charge in [-0.3, -0.25) is 14.6 Å². The summed E-state index contributed by atoms with van der Waals surface area (Å²) in [7, 11) is 5.11. The van der Waals surface area contributed by atoms with Gasteiger partial charge in [0.15, 0.2) is 17.7 Å². The van der Waals surface area contributed by atoms with Gasteiger partial charge in [0, 0.05) is 34.4 Å². The highest BCUT2D eigenvalue weighted by Gasteiger charge is 2.33. The Kier molecular flexibility index (Phi) is 6.64. The molecule has 0 unspecified atom stereocenters. The monoisotopic (exact) mass is 299 g/mol. The first kappa shape index (κ1) is 17.5. The standard InChI is InChI=1S/C14H25N3O4/c1-11(6-5-7-21-4)8-17-10-15(2)16(3)13(14(17)20)12(19)9-18/h9,11,19H,5-8,10H2,1-4H3/b13-12+/t11-/m0/s1. The van der Waals surface area contributed by atoms with Crippen LogP contribution in [0.25, 0.3) is 0 Å². The summed E-state index contributed by atoms with van der Waals surface area (Å²) in [4.78, 5) is 24.8. The number of aliphatic hydroxyl groups excluding tert-OH is 1. The second-order valence-corrected chi connectivity index (χ2v) is 5.44. The van der Waals surface area contributed by atoms with E-state index >= 15 is 0 Å². The third-order valence-corrected chi connectivity index (χ3v) is 3.63. The number of hydrogen-bond donors (Lipinski definition) is 1. The molecule has 0 aromatic heterocycles. The molecule has 1 N–H and O–H groups in total. The van der Waals surface area contributed by atoms with Crippen LogP contribution in [0, 0.1) is 5.92 Å². The van der Waals surface area contributed by atoms with E-state index in [9.17, 15) is 14.7 Å². The number of likely N-dealkylation sites (N-methyl/N-ethyl adjacent to an activating group) is 1. The zero-order valence-corrected chi connectivity index (χ0v) is 13.2. The van der Waals surface area contributed by atoms with Crippen LogP contribution in [0.3, 0.4) is 0 Å². The van der Waals surface area contributed by atoms with Gasteiger partial charge in [-0.2, -0.15) is 0 Å². The first-order valence-electron chi connectivity index (χ1n) is 7.03. The number of aldehydes is 1. The molecule has 1 atom stereocenters. The first-order valence-corrected chi connectivity index (χ1v) is 7.03. The van der Waals surface area contributed by atoms with Gasteiger partial charge < -0.3 is 14.7 Å². The second-order valence-electron chi connectivity index (χ2n) is 5.44. The Balaban J connectivity index is 2.75. The average Bonchev–Trinajstić information content (AvgIpc) is 2.45. The zero-order valence-electron chi connectivity index (χ0n) is 13.2. The van der Waals surface area contributed by atoms with Crippen LogP contribution < -0.4 is 0 Å². The zero-order chi connectivity index (χ0) is 16.0. The molecule has 0 aromatic carbocycles. The third kappa shape index (κ3) is 4.44. The maximum atomic E-state index is 12.4. The van der Waals surface area contributed by atoms with E-state index in [0.29, 0.717) is 32.0 Å². The smallest absolute Gasteiger partial charge is 0.276 e. The molecule has 0 saturated carbocycles. The van der Waals surface area contributed by atoms with Gasteiger partial charge in [0.25, 0.3) is 5.91 Å². The highest BCUT2D eigenvalue weighted by molar-refractivity contribution is 5.97. The van der Waals surface area contributed by atoms with Crippen LogP contribution in [0.2, 0.25) is 0 Å². The molecule has 21 heavy (non-hydrogen) atoms. The number of hydrazine groups is 1. The van der Waals surface area contributed by atoms with Crippen LogP contribution in [0.1, 0.15) is 19.8 Å². The number of rotatable bonds is 7. The molecular formula is C14H25N3O4. The van der Waals surface area contributed by atoms with Crippen LogP contribution in [0.4, 0.5) is 0 Å². The van der Waals surface area contributed by atoms with Crippen molar-refractivity contribution < 1.29 is 19.4 Å². The van der Waals surface area contributed by atoms with E-state index in [1.54, 1.807) is 31.1 Å². The number of carbonyl (C=O) groups excluding carboxylic acids is 2. The summed E-state index contributed by atoms with van der Waals surface area (Å²) >= 11 is 0. The highest BCUT2D eigenvalue weighted by Crippen LogP contribution is 2.20. The van der Waals surface area contributed by atoms with Crippen LogP contribution in [0.5, 0.6) is 0 Å².